The van der Waals surface area contributed by atoms with Crippen LogP contribution in [0.5, 0.6) is 0 Å². The van der Waals surface area contributed by atoms with Gasteiger partial charge in [0.1, 0.15) is 0 Å². The number of carbonyl (C=O) groups is 1. The fourth-order valence-electron chi connectivity index (χ4n) is 3.16. The first-order chi connectivity index (χ1) is 15.6. The van der Waals surface area contributed by atoms with Gasteiger partial charge in [0.05, 0.1) is 28.1 Å². The van der Waals surface area contributed by atoms with E-state index in [1.807, 2.05) is 84.9 Å². The molecule has 0 atom stereocenters. The van der Waals surface area contributed by atoms with E-state index in [4.69, 9.17) is 15.8 Å². The van der Waals surface area contributed by atoms with E-state index in [-0.39, 0.29) is 5.97 Å². The van der Waals surface area contributed by atoms with Crippen molar-refractivity contribution >= 4 is 58.4 Å². The highest BCUT2D eigenvalue weighted by molar-refractivity contribution is 7.95. The molecule has 1 heterocycles. The van der Waals surface area contributed by atoms with E-state index < -0.39 is 0 Å². The Morgan fingerprint density at radius 3 is 2.75 bits per heavy atom. The number of anilines is 1. The van der Waals surface area contributed by atoms with Crippen molar-refractivity contribution in [2.24, 2.45) is 0 Å². The van der Waals surface area contributed by atoms with Crippen LogP contribution < -0.4 is 5.32 Å². The molecule has 0 aliphatic carbocycles. The molecule has 4 aromatic rings. The molecule has 0 radical (unpaired) electrons. The van der Waals surface area contributed by atoms with Gasteiger partial charge >= 0.3 is 5.97 Å². The Balaban J connectivity index is 1.45. The Morgan fingerprint density at radius 1 is 1.03 bits per heavy atom. The van der Waals surface area contributed by atoms with Crippen molar-refractivity contribution in [3.63, 3.8) is 0 Å². The van der Waals surface area contributed by atoms with E-state index >= 15 is 0 Å². The van der Waals surface area contributed by atoms with Crippen LogP contribution in [-0.4, -0.2) is 11.0 Å². The highest BCUT2D eigenvalue weighted by Gasteiger charge is 2.06. The van der Waals surface area contributed by atoms with E-state index in [1.165, 1.54) is 6.92 Å². The van der Waals surface area contributed by atoms with Crippen molar-refractivity contribution in [1.82, 2.24) is 4.98 Å². The molecule has 0 aliphatic heterocycles. The summed E-state index contributed by atoms with van der Waals surface area (Å²) in [6.07, 6.45) is 4.03. The number of benzene rings is 3. The lowest BCUT2D eigenvalue weighted by Gasteiger charge is -2.11. The molecule has 1 N–H and O–H groups in total. The van der Waals surface area contributed by atoms with Crippen LogP contribution in [0.1, 0.15) is 23.7 Å². The Kier molecular flexibility index (Phi) is 7.10. The van der Waals surface area contributed by atoms with Gasteiger partial charge in [-0.1, -0.05) is 60.1 Å². The van der Waals surface area contributed by atoms with Gasteiger partial charge in [0, 0.05) is 29.6 Å². The minimum absolute atomic E-state index is 0.318. The number of pyridine rings is 1. The Bertz CT molecular complexity index is 1290. The summed E-state index contributed by atoms with van der Waals surface area (Å²) in [5.74, 6) is -0.318. The summed E-state index contributed by atoms with van der Waals surface area (Å²) in [7, 11) is 0. The van der Waals surface area contributed by atoms with Crippen molar-refractivity contribution in [3.8, 4) is 0 Å². The predicted octanol–water partition coefficient (Wildman–Crippen LogP) is 7.24. The van der Waals surface area contributed by atoms with Gasteiger partial charge in [-0.25, -0.2) is 4.98 Å². The third-order valence-corrected chi connectivity index (χ3v) is 5.84. The van der Waals surface area contributed by atoms with Gasteiger partial charge in [0.15, 0.2) is 0 Å². The number of hydrogen-bond acceptors (Lipinski definition) is 5. The zero-order valence-corrected chi connectivity index (χ0v) is 19.0. The SMILES string of the molecule is CC(=O)OSc1ccccc1CNc1cccc(/C=C/c2ccc3ccc(Cl)cc3n2)c1. The second-order valence-corrected chi connectivity index (χ2v) is 8.36. The van der Waals surface area contributed by atoms with Crippen LogP contribution in [0, 0.1) is 0 Å². The lowest BCUT2D eigenvalue weighted by Crippen LogP contribution is -2.01. The molecule has 0 amide bonds. The lowest BCUT2D eigenvalue weighted by molar-refractivity contribution is -0.130. The van der Waals surface area contributed by atoms with Gasteiger partial charge in [-0.3, -0.25) is 4.79 Å². The first-order valence-electron chi connectivity index (χ1n) is 10.1. The largest absolute Gasteiger partial charge is 0.386 e. The minimum atomic E-state index is -0.318. The maximum absolute atomic E-state index is 11.1. The summed E-state index contributed by atoms with van der Waals surface area (Å²) >= 11 is 7.17. The molecule has 0 aliphatic rings. The molecular weight excluding hydrogens is 440 g/mol. The van der Waals surface area contributed by atoms with Gasteiger partial charge in [-0.15, -0.1) is 0 Å². The predicted molar refractivity (Wildman–Crippen MR) is 134 cm³/mol. The topological polar surface area (TPSA) is 51.2 Å². The van der Waals surface area contributed by atoms with Gasteiger partial charge in [0.25, 0.3) is 0 Å². The zero-order chi connectivity index (χ0) is 22.3. The van der Waals surface area contributed by atoms with Crippen LogP contribution in [0.2, 0.25) is 5.02 Å². The van der Waals surface area contributed by atoms with Crippen LogP contribution in [0.4, 0.5) is 5.69 Å². The average molecular weight is 461 g/mol. The highest BCUT2D eigenvalue weighted by atomic mass is 35.5. The lowest BCUT2D eigenvalue weighted by atomic mass is 10.1. The van der Waals surface area contributed by atoms with Crippen molar-refractivity contribution < 1.29 is 8.98 Å². The molecule has 0 saturated heterocycles. The van der Waals surface area contributed by atoms with E-state index in [2.05, 4.69) is 16.4 Å². The summed E-state index contributed by atoms with van der Waals surface area (Å²) in [5.41, 5.74) is 4.86. The fourth-order valence-corrected chi connectivity index (χ4v) is 3.92. The maximum Gasteiger partial charge on any atom is 0.315 e. The Hall–Kier alpha value is -3.28. The minimum Gasteiger partial charge on any atom is -0.386 e. The summed E-state index contributed by atoms with van der Waals surface area (Å²) in [6.45, 7) is 2.01. The first kappa shape index (κ1) is 21.9. The molecule has 0 fully saturated rings. The quantitative estimate of drug-likeness (QED) is 0.294. The van der Waals surface area contributed by atoms with Crippen LogP contribution in [0.15, 0.2) is 83.8 Å². The number of carbonyl (C=O) groups excluding carboxylic acids is 1. The molecule has 4 rings (SSSR count). The summed E-state index contributed by atoms with van der Waals surface area (Å²) in [5, 5.41) is 5.18. The number of fused-ring (bicyclic) bond motifs is 1. The monoisotopic (exact) mass is 460 g/mol. The molecular formula is C26H21ClN2O2S. The molecule has 4 nitrogen and oxygen atoms in total. The smallest absolute Gasteiger partial charge is 0.315 e. The van der Waals surface area contributed by atoms with Gasteiger partial charge in [0.2, 0.25) is 0 Å². The maximum atomic E-state index is 11.1. The van der Waals surface area contributed by atoms with E-state index in [0.29, 0.717) is 11.6 Å². The molecule has 0 saturated carbocycles. The van der Waals surface area contributed by atoms with Crippen LogP contribution >= 0.6 is 23.6 Å². The van der Waals surface area contributed by atoms with Crippen molar-refractivity contribution in [2.45, 2.75) is 18.4 Å². The fraction of sp³-hybridized carbons (Fsp3) is 0.0769. The number of halogens is 1. The third-order valence-electron chi connectivity index (χ3n) is 4.71. The zero-order valence-electron chi connectivity index (χ0n) is 17.4. The molecule has 3 aromatic carbocycles. The highest BCUT2D eigenvalue weighted by Crippen LogP contribution is 2.25. The number of aromatic nitrogens is 1. The average Bonchev–Trinajstić information content (AvgIpc) is 2.80. The summed E-state index contributed by atoms with van der Waals surface area (Å²) < 4.78 is 5.07. The summed E-state index contributed by atoms with van der Waals surface area (Å²) in [6, 6.07) is 25.7. The van der Waals surface area contributed by atoms with Gasteiger partial charge in [-0.2, -0.15) is 0 Å². The second kappa shape index (κ2) is 10.4. The van der Waals surface area contributed by atoms with Gasteiger partial charge in [-0.05, 0) is 53.6 Å². The van der Waals surface area contributed by atoms with E-state index in [0.717, 1.165) is 50.3 Å². The second-order valence-electron chi connectivity index (χ2n) is 7.15. The molecule has 32 heavy (non-hydrogen) atoms. The van der Waals surface area contributed by atoms with Crippen LogP contribution in [0.3, 0.4) is 0 Å². The molecule has 160 valence electrons. The standard InChI is InChI=1S/C26H21ClN2O2S/c1-18(30)31-32-26-8-3-2-6-21(26)17-28-24-7-4-5-19(15-24)9-13-23-14-11-20-10-12-22(27)16-25(20)29-23/h2-16,28H,17H2,1H3/b13-9+. The third kappa shape index (κ3) is 5.90. The van der Waals surface area contributed by atoms with E-state index in [1.54, 1.807) is 0 Å². The first-order valence-corrected chi connectivity index (χ1v) is 11.2. The summed E-state index contributed by atoms with van der Waals surface area (Å²) in [4.78, 5) is 16.7. The normalized spacial score (nSPS) is 11.1. The molecule has 1 aromatic heterocycles. The van der Waals surface area contributed by atoms with Gasteiger partial charge < -0.3 is 9.50 Å². The molecule has 0 spiro atoms. The van der Waals surface area contributed by atoms with Crippen molar-refractivity contribution in [1.29, 1.82) is 0 Å². The molecule has 0 unspecified atom stereocenters. The van der Waals surface area contributed by atoms with Crippen LogP contribution in [-0.2, 0) is 15.5 Å². The molecule has 0 bridgehead atoms. The number of nitrogens with one attached hydrogen (secondary N) is 1. The number of nitrogens with zero attached hydrogens (tertiary/aromatic N) is 1. The van der Waals surface area contributed by atoms with Crippen LogP contribution in [0.25, 0.3) is 23.1 Å². The van der Waals surface area contributed by atoms with Crippen molar-refractivity contribution in [2.75, 3.05) is 5.32 Å². The Labute approximate surface area is 196 Å². The Morgan fingerprint density at radius 2 is 1.88 bits per heavy atom. The van der Waals surface area contributed by atoms with Crippen molar-refractivity contribution in [3.05, 3.63) is 101 Å². The molecule has 6 heteroatoms. The number of rotatable bonds is 7. The van der Waals surface area contributed by atoms with E-state index in [9.17, 15) is 4.79 Å². The number of hydrogen-bond donors (Lipinski definition) is 1.